The number of aliphatic hydroxyl groups is 1. The van der Waals surface area contributed by atoms with Gasteiger partial charge in [-0.15, -0.1) is 0 Å². The largest absolute Gasteiger partial charge is 0.505 e. The summed E-state index contributed by atoms with van der Waals surface area (Å²) in [5.41, 5.74) is 0.840. The third kappa shape index (κ3) is 3.45. The summed E-state index contributed by atoms with van der Waals surface area (Å²) in [7, 11) is 0. The lowest BCUT2D eigenvalue weighted by molar-refractivity contribution is -0.151. The molecule has 0 amide bonds. The highest BCUT2D eigenvalue weighted by atomic mass is 16.5. The van der Waals surface area contributed by atoms with Gasteiger partial charge in [0.2, 0.25) is 5.39 Å². The number of diazo groups is 1. The zero-order valence-corrected chi connectivity index (χ0v) is 16.4. The van der Waals surface area contributed by atoms with Gasteiger partial charge >= 0.3 is 11.7 Å². The van der Waals surface area contributed by atoms with E-state index in [4.69, 9.17) is 4.74 Å². The van der Waals surface area contributed by atoms with Gasteiger partial charge in [-0.3, -0.25) is 0 Å². The van der Waals surface area contributed by atoms with Gasteiger partial charge in [-0.1, -0.05) is 51.1 Å². The Kier molecular flexibility index (Phi) is 5.28. The van der Waals surface area contributed by atoms with E-state index in [-0.39, 0.29) is 34.8 Å². The number of ether oxygens (including phenoxy) is 1. The molecule has 5 heteroatoms. The van der Waals surface area contributed by atoms with Gasteiger partial charge < -0.3 is 9.84 Å². The molecule has 144 valence electrons. The summed E-state index contributed by atoms with van der Waals surface area (Å²) >= 11 is 0. The van der Waals surface area contributed by atoms with Crippen LogP contribution in [0.2, 0.25) is 0 Å². The molecule has 27 heavy (non-hydrogen) atoms. The standard InChI is InChI=1S/C22H28N2O3/c1-21(2)16-12-13-22(21,3)18(14-16)27-20(26)19(24-23)17(25)11-7-10-15-8-5-4-6-9-15/h4-6,8-9,16,18H,7,10-14H2,1-3H3/p+1/t16-,18-,22+/m1/s1. The summed E-state index contributed by atoms with van der Waals surface area (Å²) in [5, 5.41) is 19.5. The molecular weight excluding hydrogens is 340 g/mol. The number of aryl methyl sites for hydroxylation is 1. The maximum absolute atomic E-state index is 12.5. The second kappa shape index (κ2) is 7.34. The molecule has 1 aromatic carbocycles. The number of aliphatic hydroxyl groups excluding tert-OH is 1. The predicted octanol–water partition coefficient (Wildman–Crippen LogP) is 5.39. The number of hydrogen-bond donors (Lipinski definition) is 1. The van der Waals surface area contributed by atoms with Crippen molar-refractivity contribution in [2.45, 2.75) is 65.4 Å². The number of benzene rings is 1. The molecule has 3 atom stereocenters. The first-order chi connectivity index (χ1) is 12.8. The van der Waals surface area contributed by atoms with E-state index in [0.29, 0.717) is 12.3 Å². The van der Waals surface area contributed by atoms with Gasteiger partial charge in [0.25, 0.3) is 0 Å². The normalized spacial score (nSPS) is 29.1. The van der Waals surface area contributed by atoms with Crippen molar-refractivity contribution in [3.63, 3.8) is 0 Å². The molecule has 3 rings (SSSR count). The van der Waals surface area contributed by atoms with E-state index < -0.39 is 5.97 Å². The number of allylic oxidation sites excluding steroid dienone is 1. The summed E-state index contributed by atoms with van der Waals surface area (Å²) in [4.78, 5) is 15.6. The first kappa shape index (κ1) is 19.4. The monoisotopic (exact) mass is 369 g/mol. The van der Waals surface area contributed by atoms with Crippen LogP contribution in [-0.4, -0.2) is 17.2 Å². The van der Waals surface area contributed by atoms with E-state index in [0.717, 1.165) is 31.2 Å². The molecule has 0 saturated heterocycles. The van der Waals surface area contributed by atoms with Crippen LogP contribution in [0.1, 0.15) is 58.4 Å². The number of carbonyl (C=O) groups excluding carboxylic acids is 1. The number of rotatable bonds is 6. The fraction of sp³-hybridized carbons (Fsp3) is 0.591. The Bertz CT molecular complexity index is 778. The highest BCUT2D eigenvalue weighted by Gasteiger charge is 2.63. The molecular formula is C22H29N2O3+. The van der Waals surface area contributed by atoms with Crippen LogP contribution in [0.5, 0.6) is 0 Å². The van der Waals surface area contributed by atoms with E-state index in [2.05, 4.69) is 25.7 Å². The quantitative estimate of drug-likeness (QED) is 0.316. The molecule has 1 aromatic rings. The average Bonchev–Trinajstić information content (AvgIpc) is 2.97. The van der Waals surface area contributed by atoms with Crippen LogP contribution in [0.25, 0.3) is 4.98 Å². The van der Waals surface area contributed by atoms with E-state index >= 15 is 0 Å². The van der Waals surface area contributed by atoms with Crippen LogP contribution in [-0.2, 0) is 16.0 Å². The average molecular weight is 369 g/mol. The van der Waals surface area contributed by atoms with Gasteiger partial charge in [0.15, 0.2) is 10.7 Å². The summed E-state index contributed by atoms with van der Waals surface area (Å²) in [6.07, 6.45) is 4.51. The van der Waals surface area contributed by atoms with Crippen molar-refractivity contribution in [2.75, 3.05) is 0 Å². The molecule has 2 fully saturated rings. The van der Waals surface area contributed by atoms with Gasteiger partial charge in [-0.05, 0) is 49.0 Å². The number of nitrogens with zero attached hydrogens (tertiary/aromatic N) is 2. The van der Waals surface area contributed by atoms with Crippen LogP contribution in [0.15, 0.2) is 41.8 Å². The lowest BCUT2D eigenvalue weighted by Crippen LogP contribution is -2.38. The Morgan fingerprint density at radius 2 is 2.00 bits per heavy atom. The van der Waals surface area contributed by atoms with Crippen molar-refractivity contribution in [1.29, 1.82) is 5.39 Å². The third-order valence-corrected chi connectivity index (χ3v) is 7.25. The highest BCUT2D eigenvalue weighted by Crippen LogP contribution is 2.66. The van der Waals surface area contributed by atoms with Crippen LogP contribution in [0.3, 0.4) is 0 Å². The predicted molar refractivity (Wildman–Crippen MR) is 103 cm³/mol. The topological polar surface area (TPSA) is 74.7 Å². The van der Waals surface area contributed by atoms with E-state index in [9.17, 15) is 15.3 Å². The van der Waals surface area contributed by atoms with Gasteiger partial charge in [0, 0.05) is 11.8 Å². The molecule has 1 N–H and O–H groups in total. The highest BCUT2D eigenvalue weighted by molar-refractivity contribution is 5.90. The minimum atomic E-state index is -0.732. The molecule has 0 aliphatic heterocycles. The molecule has 5 nitrogen and oxygen atoms in total. The number of carbonyl (C=O) groups is 1. The first-order valence-corrected chi connectivity index (χ1v) is 9.81. The minimum Gasteiger partial charge on any atom is -0.505 e. The van der Waals surface area contributed by atoms with Crippen molar-refractivity contribution in [1.82, 2.24) is 0 Å². The van der Waals surface area contributed by atoms with Gasteiger partial charge in [0.1, 0.15) is 6.10 Å². The van der Waals surface area contributed by atoms with Crippen molar-refractivity contribution >= 4 is 5.97 Å². The Labute approximate surface area is 161 Å². The van der Waals surface area contributed by atoms with Gasteiger partial charge in [0.05, 0.1) is 0 Å². The van der Waals surface area contributed by atoms with E-state index in [1.807, 2.05) is 30.3 Å². The third-order valence-electron chi connectivity index (χ3n) is 7.25. The van der Waals surface area contributed by atoms with Crippen LogP contribution >= 0.6 is 0 Å². The summed E-state index contributed by atoms with van der Waals surface area (Å²) in [6.45, 7) is 6.66. The zero-order valence-electron chi connectivity index (χ0n) is 16.4. The van der Waals surface area contributed by atoms with Gasteiger partial charge in [-0.2, -0.15) is 0 Å². The Morgan fingerprint density at radius 3 is 2.56 bits per heavy atom. The molecule has 0 heterocycles. The Morgan fingerprint density at radius 1 is 1.30 bits per heavy atom. The lowest BCUT2D eigenvalue weighted by Gasteiger charge is -2.38. The van der Waals surface area contributed by atoms with Crippen LogP contribution in [0.4, 0.5) is 0 Å². The Hall–Kier alpha value is -2.35. The van der Waals surface area contributed by atoms with Crippen molar-refractivity contribution in [3.05, 3.63) is 52.3 Å². The molecule has 0 aromatic heterocycles. The lowest BCUT2D eigenvalue weighted by atomic mass is 9.70. The molecule has 0 unspecified atom stereocenters. The fourth-order valence-corrected chi connectivity index (χ4v) is 4.93. The fourth-order valence-electron chi connectivity index (χ4n) is 4.93. The maximum Gasteiger partial charge on any atom is 0.505 e. The molecule has 2 bridgehead atoms. The zero-order chi connectivity index (χ0) is 19.7. The van der Waals surface area contributed by atoms with E-state index in [1.165, 1.54) is 0 Å². The number of esters is 1. The second-order valence-corrected chi connectivity index (χ2v) is 8.74. The smallest absolute Gasteiger partial charge is 0.505 e. The molecule has 2 aliphatic carbocycles. The second-order valence-electron chi connectivity index (χ2n) is 8.74. The minimum absolute atomic E-state index is 0.0726. The molecule has 0 spiro atoms. The summed E-state index contributed by atoms with van der Waals surface area (Å²) in [6, 6.07) is 9.92. The molecule has 0 radical (unpaired) electrons. The van der Waals surface area contributed by atoms with Crippen molar-refractivity contribution in [2.24, 2.45) is 16.7 Å². The summed E-state index contributed by atoms with van der Waals surface area (Å²) < 4.78 is 5.71. The van der Waals surface area contributed by atoms with Crippen molar-refractivity contribution < 1.29 is 14.6 Å². The van der Waals surface area contributed by atoms with Crippen LogP contribution < -0.4 is 0 Å². The Balaban J connectivity index is 1.62. The maximum atomic E-state index is 12.5. The molecule has 2 aliphatic rings. The van der Waals surface area contributed by atoms with Crippen LogP contribution in [0, 0.1) is 22.1 Å². The number of hydrogen-bond acceptors (Lipinski definition) is 4. The van der Waals surface area contributed by atoms with E-state index in [1.54, 1.807) is 0 Å². The SMILES string of the molecule is CC1(C)[C@@H]2CC[C@@]1(C)[C@H](OC(=O)/C([N+]#N)=C(\O)CCCc1ccccc1)C2. The number of fused-ring (bicyclic) bond motifs is 2. The van der Waals surface area contributed by atoms with Crippen molar-refractivity contribution in [3.8, 4) is 0 Å². The first-order valence-electron chi connectivity index (χ1n) is 9.81. The van der Waals surface area contributed by atoms with Gasteiger partial charge in [-0.25, -0.2) is 4.79 Å². The molecule has 2 saturated carbocycles. The summed E-state index contributed by atoms with van der Waals surface area (Å²) in [5.74, 6) is -0.409.